The summed E-state index contributed by atoms with van der Waals surface area (Å²) in [5.74, 6) is 0.978. The van der Waals surface area contributed by atoms with Gasteiger partial charge in [-0.3, -0.25) is 14.6 Å². The van der Waals surface area contributed by atoms with Gasteiger partial charge in [-0.15, -0.1) is 5.10 Å². The van der Waals surface area contributed by atoms with E-state index < -0.39 is 16.7 Å². The number of carbonyl (C=O) groups excluding carboxylic acids is 1. The smallest absolute Gasteiger partial charge is 0.349 e. The third-order valence-electron chi connectivity index (χ3n) is 6.62. The molecule has 0 unspecified atom stereocenters. The molecular weight excluding hydrogens is 456 g/mol. The standard InChI is InChI=1S/C25H27ClN4O4/c1-5-20(31)25(7-6-8-25)17-12-19(14(3)9-13(17)2)34-21-15(4)10-16(11-18(21)26)30-24(33)28-23(32)22(27)29-30/h9-12H,5-8H2,1-4H3,(H2,27,29)(H,28,32,33). The summed E-state index contributed by atoms with van der Waals surface area (Å²) in [6.45, 7) is 7.68. The van der Waals surface area contributed by atoms with E-state index in [1.807, 2.05) is 32.9 Å². The Labute approximate surface area is 201 Å². The van der Waals surface area contributed by atoms with E-state index in [1.54, 1.807) is 13.0 Å². The first-order valence-electron chi connectivity index (χ1n) is 11.2. The van der Waals surface area contributed by atoms with E-state index in [-0.39, 0.29) is 16.6 Å². The van der Waals surface area contributed by atoms with Crippen molar-refractivity contribution in [1.29, 1.82) is 0 Å². The number of anilines is 1. The first-order chi connectivity index (χ1) is 16.1. The Kier molecular flexibility index (Phi) is 6.12. The molecule has 0 bridgehead atoms. The Bertz CT molecular complexity index is 1400. The normalized spacial score (nSPS) is 14.5. The fraction of sp³-hybridized carbons (Fsp3) is 0.360. The molecule has 0 spiro atoms. The van der Waals surface area contributed by atoms with E-state index in [9.17, 15) is 14.4 Å². The van der Waals surface area contributed by atoms with Crippen molar-refractivity contribution in [3.63, 3.8) is 0 Å². The molecule has 2 aromatic carbocycles. The van der Waals surface area contributed by atoms with E-state index in [4.69, 9.17) is 22.1 Å². The van der Waals surface area contributed by atoms with E-state index in [1.165, 1.54) is 6.07 Å². The quantitative estimate of drug-likeness (QED) is 0.541. The molecule has 0 radical (unpaired) electrons. The molecule has 1 aliphatic rings. The van der Waals surface area contributed by atoms with Gasteiger partial charge in [0.25, 0.3) is 5.56 Å². The zero-order valence-corrected chi connectivity index (χ0v) is 20.4. The molecule has 1 saturated carbocycles. The Morgan fingerprint density at radius 2 is 1.85 bits per heavy atom. The Hall–Kier alpha value is -3.39. The van der Waals surface area contributed by atoms with E-state index in [0.29, 0.717) is 29.2 Å². The van der Waals surface area contributed by atoms with Crippen LogP contribution in [0.4, 0.5) is 5.82 Å². The first-order valence-corrected chi connectivity index (χ1v) is 11.6. The number of ketones is 1. The second-order valence-corrected chi connectivity index (χ2v) is 9.28. The van der Waals surface area contributed by atoms with Gasteiger partial charge >= 0.3 is 5.69 Å². The first kappa shape index (κ1) is 23.8. The molecule has 178 valence electrons. The predicted octanol–water partition coefficient (Wildman–Crippen LogP) is 4.27. The van der Waals surface area contributed by atoms with Crippen LogP contribution in [0.2, 0.25) is 5.02 Å². The molecule has 0 saturated heterocycles. The van der Waals surface area contributed by atoms with Gasteiger partial charge < -0.3 is 10.5 Å². The van der Waals surface area contributed by atoms with Crippen LogP contribution in [0.15, 0.2) is 33.9 Å². The molecule has 4 rings (SSSR count). The summed E-state index contributed by atoms with van der Waals surface area (Å²) in [4.78, 5) is 38.7. The number of hydrogen-bond donors (Lipinski definition) is 2. The van der Waals surface area contributed by atoms with Gasteiger partial charge in [0.2, 0.25) is 5.82 Å². The van der Waals surface area contributed by atoms with Gasteiger partial charge in [-0.25, -0.2) is 4.79 Å². The summed E-state index contributed by atoms with van der Waals surface area (Å²) < 4.78 is 7.25. The van der Waals surface area contributed by atoms with Gasteiger partial charge in [0.05, 0.1) is 16.1 Å². The number of rotatable bonds is 6. The maximum atomic E-state index is 12.8. The number of H-pyrrole nitrogens is 1. The molecule has 1 fully saturated rings. The second kappa shape index (κ2) is 8.76. The number of aryl methyl sites for hydroxylation is 3. The molecule has 9 heteroatoms. The highest BCUT2D eigenvalue weighted by Gasteiger charge is 2.45. The van der Waals surface area contributed by atoms with Crippen molar-refractivity contribution in [2.24, 2.45) is 0 Å². The number of nitrogens with one attached hydrogen (secondary N) is 1. The Morgan fingerprint density at radius 3 is 2.44 bits per heavy atom. The lowest BCUT2D eigenvalue weighted by molar-refractivity contribution is -0.127. The minimum absolute atomic E-state index is 0.258. The van der Waals surface area contributed by atoms with Gasteiger partial charge in [-0.05, 0) is 74.1 Å². The van der Waals surface area contributed by atoms with Gasteiger partial charge in [0.15, 0.2) is 0 Å². The van der Waals surface area contributed by atoms with Crippen molar-refractivity contribution in [3.05, 3.63) is 72.4 Å². The van der Waals surface area contributed by atoms with Crippen LogP contribution in [0.3, 0.4) is 0 Å². The number of Topliss-reactive ketones (excluding diaryl/α,β-unsaturated/α-hetero) is 1. The average molecular weight is 483 g/mol. The summed E-state index contributed by atoms with van der Waals surface area (Å²) in [5.41, 5.74) is 7.65. The second-order valence-electron chi connectivity index (χ2n) is 8.88. The van der Waals surface area contributed by atoms with Gasteiger partial charge in [-0.1, -0.05) is 31.0 Å². The van der Waals surface area contributed by atoms with Crippen molar-refractivity contribution in [2.75, 3.05) is 5.73 Å². The van der Waals surface area contributed by atoms with Crippen molar-refractivity contribution >= 4 is 23.2 Å². The molecular formula is C25H27ClN4O4. The maximum absolute atomic E-state index is 12.8. The van der Waals surface area contributed by atoms with E-state index >= 15 is 0 Å². The lowest BCUT2D eigenvalue weighted by Crippen LogP contribution is -2.42. The van der Waals surface area contributed by atoms with Crippen molar-refractivity contribution in [2.45, 2.75) is 58.8 Å². The number of nitrogens with two attached hydrogens (primary N) is 1. The van der Waals surface area contributed by atoms with Crippen molar-refractivity contribution in [1.82, 2.24) is 14.8 Å². The molecule has 0 aliphatic heterocycles. The zero-order chi connectivity index (χ0) is 24.8. The SMILES string of the molecule is CCC(=O)C1(c2cc(Oc3c(C)cc(-n4nc(N)c(=O)[nH]c4=O)cc3Cl)c(C)cc2C)CCC1. The average Bonchev–Trinajstić information content (AvgIpc) is 2.74. The largest absolute Gasteiger partial charge is 0.455 e. The minimum Gasteiger partial charge on any atom is -0.455 e. The molecule has 1 aliphatic carbocycles. The summed E-state index contributed by atoms with van der Waals surface area (Å²) >= 11 is 6.56. The van der Waals surface area contributed by atoms with Crippen LogP contribution in [-0.2, 0) is 10.2 Å². The molecule has 0 atom stereocenters. The molecule has 34 heavy (non-hydrogen) atoms. The molecule has 0 amide bonds. The highest BCUT2D eigenvalue weighted by Crippen LogP contribution is 2.48. The van der Waals surface area contributed by atoms with Crippen LogP contribution >= 0.6 is 11.6 Å². The molecule has 3 N–H and O–H groups in total. The number of carbonyl (C=O) groups is 1. The van der Waals surface area contributed by atoms with Gasteiger partial charge in [0, 0.05) is 6.42 Å². The third kappa shape index (κ3) is 3.92. The molecule has 8 nitrogen and oxygen atoms in total. The number of halogens is 1. The molecule has 1 aromatic heterocycles. The minimum atomic E-state index is -0.750. The number of aromatic amines is 1. The summed E-state index contributed by atoms with van der Waals surface area (Å²) in [7, 11) is 0. The topological polar surface area (TPSA) is 120 Å². The highest BCUT2D eigenvalue weighted by atomic mass is 35.5. The molecule has 1 heterocycles. The summed E-state index contributed by atoms with van der Waals surface area (Å²) in [5, 5.41) is 4.11. The summed E-state index contributed by atoms with van der Waals surface area (Å²) in [6, 6.07) is 7.20. The number of ether oxygens (including phenoxy) is 1. The highest BCUT2D eigenvalue weighted by molar-refractivity contribution is 6.32. The van der Waals surface area contributed by atoms with Crippen LogP contribution in [-0.4, -0.2) is 20.5 Å². The Balaban J connectivity index is 1.75. The number of nitrogens with zero attached hydrogens (tertiary/aromatic N) is 2. The maximum Gasteiger partial charge on any atom is 0.349 e. The van der Waals surface area contributed by atoms with Crippen LogP contribution in [0.5, 0.6) is 11.5 Å². The van der Waals surface area contributed by atoms with Crippen LogP contribution < -0.4 is 21.7 Å². The van der Waals surface area contributed by atoms with E-state index in [0.717, 1.165) is 40.6 Å². The third-order valence-corrected chi connectivity index (χ3v) is 6.90. The monoisotopic (exact) mass is 482 g/mol. The van der Waals surface area contributed by atoms with Gasteiger partial charge in [0.1, 0.15) is 17.3 Å². The predicted molar refractivity (Wildman–Crippen MR) is 131 cm³/mol. The van der Waals surface area contributed by atoms with Crippen LogP contribution in [0.1, 0.15) is 54.9 Å². The lowest BCUT2D eigenvalue weighted by Gasteiger charge is -2.42. The summed E-state index contributed by atoms with van der Waals surface area (Å²) in [6.07, 6.45) is 3.23. The van der Waals surface area contributed by atoms with Gasteiger partial charge in [-0.2, -0.15) is 4.68 Å². The lowest BCUT2D eigenvalue weighted by atomic mass is 9.60. The molecule has 3 aromatic rings. The van der Waals surface area contributed by atoms with Crippen molar-refractivity contribution < 1.29 is 9.53 Å². The number of hydrogen-bond acceptors (Lipinski definition) is 6. The van der Waals surface area contributed by atoms with Crippen molar-refractivity contribution in [3.8, 4) is 17.2 Å². The number of nitrogen functional groups attached to an aromatic ring is 1. The number of benzene rings is 2. The number of aromatic nitrogens is 3. The van der Waals surface area contributed by atoms with E-state index in [2.05, 4.69) is 10.1 Å². The fourth-order valence-electron chi connectivity index (χ4n) is 4.69. The zero-order valence-electron chi connectivity index (χ0n) is 19.6. The van der Waals surface area contributed by atoms with Crippen LogP contribution in [0, 0.1) is 20.8 Å². The van der Waals surface area contributed by atoms with Crippen LogP contribution in [0.25, 0.3) is 5.69 Å². The Morgan fingerprint density at radius 1 is 1.15 bits per heavy atom. The fourth-order valence-corrected chi connectivity index (χ4v) is 4.99.